The first-order chi connectivity index (χ1) is 9.16. The predicted molar refractivity (Wildman–Crippen MR) is 85.2 cm³/mol. The highest BCUT2D eigenvalue weighted by Gasteiger charge is 2.14. The quantitative estimate of drug-likeness (QED) is 0.809. The fourth-order valence-electron chi connectivity index (χ4n) is 2.26. The van der Waals surface area contributed by atoms with Gasteiger partial charge in [0, 0.05) is 6.54 Å². The van der Waals surface area contributed by atoms with Gasteiger partial charge in [0.25, 0.3) is 0 Å². The van der Waals surface area contributed by atoms with E-state index in [1.807, 2.05) is 32.0 Å². The molecule has 106 valence electrons. The van der Waals surface area contributed by atoms with Gasteiger partial charge in [0.2, 0.25) is 0 Å². The number of hydrogen-bond donors (Lipinski definition) is 2. The second-order valence-corrected chi connectivity index (χ2v) is 6.55. The zero-order valence-electron chi connectivity index (χ0n) is 11.8. The molecule has 0 bridgehead atoms. The lowest BCUT2D eigenvalue weighted by atomic mass is 10.0. The van der Waals surface area contributed by atoms with Crippen LogP contribution in [0.5, 0.6) is 5.75 Å². The molecule has 0 unspecified atom stereocenters. The second kappa shape index (κ2) is 6.94. The SMILES string of the molecule is CC(C)Oc1cccc(NCC2CCSCC2)c1N. The van der Waals surface area contributed by atoms with Gasteiger partial charge in [-0.2, -0.15) is 11.8 Å². The molecule has 3 nitrogen and oxygen atoms in total. The van der Waals surface area contributed by atoms with Crippen molar-refractivity contribution < 1.29 is 4.74 Å². The van der Waals surface area contributed by atoms with Crippen LogP contribution >= 0.6 is 11.8 Å². The molecule has 3 N–H and O–H groups in total. The molecule has 1 aliphatic rings. The number of hydrogen-bond acceptors (Lipinski definition) is 4. The van der Waals surface area contributed by atoms with Crippen LogP contribution in [0.4, 0.5) is 11.4 Å². The molecule has 0 aromatic heterocycles. The van der Waals surface area contributed by atoms with Crippen molar-refractivity contribution in [2.75, 3.05) is 29.1 Å². The Hall–Kier alpha value is -1.03. The van der Waals surface area contributed by atoms with Crippen LogP contribution in [0.15, 0.2) is 18.2 Å². The zero-order chi connectivity index (χ0) is 13.7. The maximum atomic E-state index is 6.16. The average Bonchev–Trinajstić information content (AvgIpc) is 2.40. The molecule has 1 aromatic carbocycles. The molecule has 0 spiro atoms. The van der Waals surface area contributed by atoms with Gasteiger partial charge >= 0.3 is 0 Å². The van der Waals surface area contributed by atoms with Gasteiger partial charge in [0.1, 0.15) is 5.75 Å². The molecular weight excluding hydrogens is 256 g/mol. The topological polar surface area (TPSA) is 47.3 Å². The predicted octanol–water partition coefficient (Wildman–Crippen LogP) is 3.61. The average molecular weight is 280 g/mol. The van der Waals surface area contributed by atoms with Gasteiger partial charge in [-0.3, -0.25) is 0 Å². The lowest BCUT2D eigenvalue weighted by Crippen LogP contribution is -2.19. The summed E-state index contributed by atoms with van der Waals surface area (Å²) in [6.07, 6.45) is 2.76. The summed E-state index contributed by atoms with van der Waals surface area (Å²) in [5.41, 5.74) is 7.88. The van der Waals surface area contributed by atoms with Gasteiger partial charge in [0.05, 0.1) is 17.5 Å². The summed E-state index contributed by atoms with van der Waals surface area (Å²) in [5, 5.41) is 3.48. The standard InChI is InChI=1S/C15H24N2OS/c1-11(2)18-14-5-3-4-13(15(14)16)17-10-12-6-8-19-9-7-12/h3-5,11-12,17H,6-10,16H2,1-2H3. The largest absolute Gasteiger partial charge is 0.489 e. The van der Waals surface area contributed by atoms with Crippen molar-refractivity contribution in [1.82, 2.24) is 0 Å². The van der Waals surface area contributed by atoms with Crippen molar-refractivity contribution >= 4 is 23.1 Å². The zero-order valence-corrected chi connectivity index (χ0v) is 12.6. The Balaban J connectivity index is 1.95. The van der Waals surface area contributed by atoms with E-state index in [1.165, 1.54) is 24.3 Å². The van der Waals surface area contributed by atoms with Crippen molar-refractivity contribution in [2.24, 2.45) is 5.92 Å². The molecule has 0 amide bonds. The van der Waals surface area contributed by atoms with Crippen LogP contribution in [0.3, 0.4) is 0 Å². The van der Waals surface area contributed by atoms with E-state index >= 15 is 0 Å². The van der Waals surface area contributed by atoms with Crippen molar-refractivity contribution in [2.45, 2.75) is 32.8 Å². The molecule has 1 heterocycles. The van der Waals surface area contributed by atoms with Crippen LogP contribution in [-0.2, 0) is 0 Å². The fourth-order valence-corrected chi connectivity index (χ4v) is 3.46. The molecule has 0 aliphatic carbocycles. The van der Waals surface area contributed by atoms with E-state index in [0.717, 1.165) is 29.6 Å². The number of nitrogens with two attached hydrogens (primary N) is 1. The van der Waals surface area contributed by atoms with Crippen LogP contribution < -0.4 is 15.8 Å². The van der Waals surface area contributed by atoms with Crippen LogP contribution in [-0.4, -0.2) is 24.2 Å². The third-order valence-corrected chi connectivity index (χ3v) is 4.40. The van der Waals surface area contributed by atoms with E-state index in [4.69, 9.17) is 10.5 Å². The molecule has 2 rings (SSSR count). The molecular formula is C15H24N2OS. The van der Waals surface area contributed by atoms with E-state index in [-0.39, 0.29) is 6.10 Å². The van der Waals surface area contributed by atoms with Gasteiger partial charge in [-0.25, -0.2) is 0 Å². The van der Waals surface area contributed by atoms with Gasteiger partial charge in [-0.05, 0) is 56.2 Å². The number of para-hydroxylation sites is 1. The Labute approximate surface area is 120 Å². The van der Waals surface area contributed by atoms with Crippen molar-refractivity contribution in [1.29, 1.82) is 0 Å². The Bertz CT molecular complexity index is 403. The molecule has 1 aromatic rings. The molecule has 0 atom stereocenters. The molecule has 1 saturated heterocycles. The first-order valence-corrected chi connectivity index (χ1v) is 8.19. The van der Waals surface area contributed by atoms with E-state index < -0.39 is 0 Å². The van der Waals surface area contributed by atoms with Gasteiger partial charge in [-0.15, -0.1) is 0 Å². The molecule has 0 radical (unpaired) electrons. The minimum Gasteiger partial charge on any atom is -0.489 e. The summed E-state index contributed by atoms with van der Waals surface area (Å²) in [7, 11) is 0. The number of nitrogens with one attached hydrogen (secondary N) is 1. The lowest BCUT2D eigenvalue weighted by Gasteiger charge is -2.23. The van der Waals surface area contributed by atoms with Crippen molar-refractivity contribution in [3.63, 3.8) is 0 Å². The number of benzene rings is 1. The number of rotatable bonds is 5. The smallest absolute Gasteiger partial charge is 0.144 e. The summed E-state index contributed by atoms with van der Waals surface area (Å²) in [5.74, 6) is 4.13. The lowest BCUT2D eigenvalue weighted by molar-refractivity contribution is 0.244. The van der Waals surface area contributed by atoms with E-state index in [9.17, 15) is 0 Å². The summed E-state index contributed by atoms with van der Waals surface area (Å²) in [6, 6.07) is 5.95. The van der Waals surface area contributed by atoms with Gasteiger partial charge in [-0.1, -0.05) is 6.07 Å². The summed E-state index contributed by atoms with van der Waals surface area (Å²) >= 11 is 2.06. The van der Waals surface area contributed by atoms with Crippen molar-refractivity contribution in [3.8, 4) is 5.75 Å². The Morgan fingerprint density at radius 3 is 2.79 bits per heavy atom. The maximum Gasteiger partial charge on any atom is 0.144 e. The Morgan fingerprint density at radius 1 is 1.37 bits per heavy atom. The normalized spacial score (nSPS) is 16.6. The van der Waals surface area contributed by atoms with Gasteiger partial charge in [0.15, 0.2) is 0 Å². The molecule has 19 heavy (non-hydrogen) atoms. The summed E-state index contributed by atoms with van der Waals surface area (Å²) in [4.78, 5) is 0. The third kappa shape index (κ3) is 4.23. The highest BCUT2D eigenvalue weighted by molar-refractivity contribution is 7.99. The monoisotopic (exact) mass is 280 g/mol. The number of ether oxygens (including phenoxy) is 1. The first kappa shape index (κ1) is 14.4. The maximum absolute atomic E-state index is 6.16. The van der Waals surface area contributed by atoms with Crippen LogP contribution in [0, 0.1) is 5.92 Å². The highest BCUT2D eigenvalue weighted by atomic mass is 32.2. The molecule has 4 heteroatoms. The number of anilines is 2. The minimum atomic E-state index is 0.146. The molecule has 1 aliphatic heterocycles. The van der Waals surface area contributed by atoms with Crippen LogP contribution in [0.25, 0.3) is 0 Å². The highest BCUT2D eigenvalue weighted by Crippen LogP contribution is 2.31. The van der Waals surface area contributed by atoms with Crippen LogP contribution in [0.1, 0.15) is 26.7 Å². The minimum absolute atomic E-state index is 0.146. The van der Waals surface area contributed by atoms with E-state index in [2.05, 4.69) is 17.1 Å². The fraction of sp³-hybridized carbons (Fsp3) is 0.600. The Morgan fingerprint density at radius 2 is 2.11 bits per heavy atom. The van der Waals surface area contributed by atoms with Crippen LogP contribution in [0.2, 0.25) is 0 Å². The van der Waals surface area contributed by atoms with Gasteiger partial charge < -0.3 is 15.8 Å². The number of thioether (sulfide) groups is 1. The summed E-state index contributed by atoms with van der Waals surface area (Å²) < 4.78 is 5.71. The summed E-state index contributed by atoms with van der Waals surface area (Å²) in [6.45, 7) is 5.04. The van der Waals surface area contributed by atoms with E-state index in [1.54, 1.807) is 0 Å². The van der Waals surface area contributed by atoms with Crippen molar-refractivity contribution in [3.05, 3.63) is 18.2 Å². The first-order valence-electron chi connectivity index (χ1n) is 7.03. The Kier molecular flexibility index (Phi) is 5.25. The number of nitrogen functional groups attached to an aromatic ring is 1. The molecule has 0 saturated carbocycles. The molecule has 1 fully saturated rings. The van der Waals surface area contributed by atoms with E-state index in [0.29, 0.717) is 0 Å². The second-order valence-electron chi connectivity index (χ2n) is 5.32. The third-order valence-electron chi connectivity index (χ3n) is 3.35.